The highest BCUT2D eigenvalue weighted by atomic mass is 35.5. The topological polar surface area (TPSA) is 33.5 Å². The van der Waals surface area contributed by atoms with Gasteiger partial charge in [0.1, 0.15) is 11.5 Å². The largest absolute Gasteiger partial charge is 0.457 e. The van der Waals surface area contributed by atoms with E-state index in [-0.39, 0.29) is 17.2 Å². The molecule has 152 valence electrons. The lowest BCUT2D eigenvalue weighted by atomic mass is 10.1. The molecule has 1 aliphatic rings. The Labute approximate surface area is 184 Å². The van der Waals surface area contributed by atoms with E-state index >= 15 is 0 Å². The van der Waals surface area contributed by atoms with Gasteiger partial charge in [-0.3, -0.25) is 9.69 Å². The molecule has 3 aromatic rings. The number of halogens is 4. The Morgan fingerprint density at radius 2 is 1.83 bits per heavy atom. The van der Waals surface area contributed by atoms with Gasteiger partial charge in [-0.05, 0) is 42.5 Å². The first-order chi connectivity index (χ1) is 14.2. The van der Waals surface area contributed by atoms with E-state index in [1.54, 1.807) is 36.4 Å². The minimum Gasteiger partial charge on any atom is -0.457 e. The summed E-state index contributed by atoms with van der Waals surface area (Å²) in [5, 5.41) is 0.474. The number of thioether (sulfide) groups is 1. The second-order valence-corrected chi connectivity index (χ2v) is 8.39. The summed E-state index contributed by atoms with van der Waals surface area (Å²) in [5.74, 6) is 0.260. The maximum absolute atomic E-state index is 12.9. The summed E-state index contributed by atoms with van der Waals surface area (Å²) in [7, 11) is 0. The third-order valence-corrected chi connectivity index (χ3v) is 5.77. The molecule has 1 aromatic heterocycles. The fraction of sp³-hybridized carbons (Fsp3) is 0.0476. The minimum atomic E-state index is -4.44. The molecular formula is C21H11ClF3NO2S2. The number of rotatable bonds is 3. The second-order valence-electron chi connectivity index (χ2n) is 6.28. The molecule has 0 aliphatic carbocycles. The van der Waals surface area contributed by atoms with E-state index in [1.165, 1.54) is 23.1 Å². The Balaban J connectivity index is 1.61. The Kier molecular flexibility index (Phi) is 5.48. The van der Waals surface area contributed by atoms with Crippen LogP contribution in [-0.2, 0) is 11.0 Å². The quantitative estimate of drug-likeness (QED) is 0.307. The van der Waals surface area contributed by atoms with Crippen LogP contribution in [0, 0.1) is 0 Å². The molecule has 0 bridgehead atoms. The summed E-state index contributed by atoms with van der Waals surface area (Å²) in [6, 6.07) is 14.7. The number of carbonyl (C=O) groups excluding carboxylic acids is 1. The number of hydrogen-bond donors (Lipinski definition) is 0. The number of alkyl halides is 3. The molecular weight excluding hydrogens is 455 g/mol. The number of amides is 1. The predicted molar refractivity (Wildman–Crippen MR) is 116 cm³/mol. The van der Waals surface area contributed by atoms with Crippen molar-refractivity contribution in [2.75, 3.05) is 4.90 Å². The van der Waals surface area contributed by atoms with E-state index in [9.17, 15) is 18.0 Å². The molecule has 4 rings (SSSR count). The van der Waals surface area contributed by atoms with E-state index < -0.39 is 11.7 Å². The lowest BCUT2D eigenvalue weighted by Crippen LogP contribution is -2.27. The van der Waals surface area contributed by atoms with Crippen LogP contribution in [0.1, 0.15) is 11.3 Å². The summed E-state index contributed by atoms with van der Waals surface area (Å²) in [6.07, 6.45) is -2.93. The van der Waals surface area contributed by atoms with Gasteiger partial charge in [-0.25, -0.2) is 0 Å². The SMILES string of the molecule is O=C1/C(=C\c2ccc(-c3cccc(C(F)(F)F)c3)o2)SC(=S)N1c1cccc(Cl)c1. The molecule has 1 amide bonds. The van der Waals surface area contributed by atoms with Crippen LogP contribution < -0.4 is 4.90 Å². The van der Waals surface area contributed by atoms with Crippen molar-refractivity contribution in [2.45, 2.75) is 6.18 Å². The van der Waals surface area contributed by atoms with Crippen molar-refractivity contribution < 1.29 is 22.4 Å². The average molecular weight is 466 g/mol. The van der Waals surface area contributed by atoms with Gasteiger partial charge < -0.3 is 4.42 Å². The number of furan rings is 1. The van der Waals surface area contributed by atoms with Crippen LogP contribution >= 0.6 is 35.6 Å². The molecule has 2 aromatic carbocycles. The molecule has 9 heteroatoms. The highest BCUT2D eigenvalue weighted by Crippen LogP contribution is 2.38. The van der Waals surface area contributed by atoms with Crippen LogP contribution in [0.25, 0.3) is 17.4 Å². The van der Waals surface area contributed by atoms with Crippen LogP contribution in [0.2, 0.25) is 5.02 Å². The molecule has 1 saturated heterocycles. The molecule has 1 aliphatic heterocycles. The number of nitrogens with zero attached hydrogens (tertiary/aromatic N) is 1. The molecule has 0 spiro atoms. The van der Waals surface area contributed by atoms with Crippen LogP contribution in [0.4, 0.5) is 18.9 Å². The number of benzene rings is 2. The van der Waals surface area contributed by atoms with Crippen molar-refractivity contribution in [2.24, 2.45) is 0 Å². The number of carbonyl (C=O) groups is 1. The van der Waals surface area contributed by atoms with Crippen molar-refractivity contribution in [1.82, 2.24) is 0 Å². The smallest absolute Gasteiger partial charge is 0.416 e. The summed E-state index contributed by atoms with van der Waals surface area (Å²) in [4.78, 5) is 14.5. The zero-order valence-electron chi connectivity index (χ0n) is 14.9. The minimum absolute atomic E-state index is 0.262. The molecule has 0 N–H and O–H groups in total. The predicted octanol–water partition coefficient (Wildman–Crippen LogP) is 7.02. The number of hydrogen-bond acceptors (Lipinski definition) is 4. The summed E-state index contributed by atoms with van der Waals surface area (Å²) in [6.45, 7) is 0. The van der Waals surface area contributed by atoms with Gasteiger partial charge in [0.15, 0.2) is 4.32 Å². The fourth-order valence-electron chi connectivity index (χ4n) is 2.87. The number of anilines is 1. The summed E-state index contributed by atoms with van der Waals surface area (Å²) >= 11 is 12.4. The van der Waals surface area contributed by atoms with Crippen LogP contribution in [0.5, 0.6) is 0 Å². The molecule has 3 nitrogen and oxygen atoms in total. The first-order valence-corrected chi connectivity index (χ1v) is 10.1. The van der Waals surface area contributed by atoms with E-state index in [4.69, 9.17) is 28.2 Å². The van der Waals surface area contributed by atoms with Gasteiger partial charge in [0, 0.05) is 16.7 Å². The van der Waals surface area contributed by atoms with Gasteiger partial charge in [-0.1, -0.05) is 53.8 Å². The standard InChI is InChI=1S/C21H11ClF3NO2S2/c22-14-5-2-6-15(10-14)26-19(27)18(30-20(26)29)11-16-7-8-17(28-16)12-3-1-4-13(9-12)21(23,24)25/h1-11H/b18-11+. The van der Waals surface area contributed by atoms with Gasteiger partial charge in [-0.15, -0.1) is 0 Å². The van der Waals surface area contributed by atoms with E-state index in [0.717, 1.165) is 23.9 Å². The molecule has 0 saturated carbocycles. The third-order valence-electron chi connectivity index (χ3n) is 4.23. The van der Waals surface area contributed by atoms with Gasteiger partial charge in [0.25, 0.3) is 5.91 Å². The van der Waals surface area contributed by atoms with Gasteiger partial charge in [0.05, 0.1) is 16.2 Å². The molecule has 1 fully saturated rings. The van der Waals surface area contributed by atoms with Crippen LogP contribution in [0.3, 0.4) is 0 Å². The van der Waals surface area contributed by atoms with Crippen molar-refractivity contribution in [1.29, 1.82) is 0 Å². The second kappa shape index (κ2) is 7.94. The third kappa shape index (κ3) is 4.16. The Bertz CT molecular complexity index is 1190. The Hall–Kier alpha value is -2.55. The Morgan fingerprint density at radius 1 is 1.07 bits per heavy atom. The normalized spacial score (nSPS) is 16.0. The maximum atomic E-state index is 12.9. The first kappa shape index (κ1) is 20.7. The monoisotopic (exact) mass is 465 g/mol. The lowest BCUT2D eigenvalue weighted by molar-refractivity contribution is -0.137. The highest BCUT2D eigenvalue weighted by Gasteiger charge is 2.34. The highest BCUT2D eigenvalue weighted by molar-refractivity contribution is 8.27. The van der Waals surface area contributed by atoms with Crippen molar-refractivity contribution >= 4 is 57.6 Å². The average Bonchev–Trinajstić information content (AvgIpc) is 3.26. The van der Waals surface area contributed by atoms with Crippen LogP contribution in [-0.4, -0.2) is 10.2 Å². The van der Waals surface area contributed by atoms with Crippen molar-refractivity contribution in [3.63, 3.8) is 0 Å². The summed E-state index contributed by atoms with van der Waals surface area (Å²) < 4.78 is 44.8. The fourth-order valence-corrected chi connectivity index (χ4v) is 4.33. The van der Waals surface area contributed by atoms with Gasteiger partial charge >= 0.3 is 6.18 Å². The zero-order valence-corrected chi connectivity index (χ0v) is 17.3. The van der Waals surface area contributed by atoms with Crippen molar-refractivity contribution in [3.05, 3.63) is 81.9 Å². The van der Waals surface area contributed by atoms with Gasteiger partial charge in [-0.2, -0.15) is 13.2 Å². The Morgan fingerprint density at radius 3 is 2.57 bits per heavy atom. The van der Waals surface area contributed by atoms with Gasteiger partial charge in [0.2, 0.25) is 0 Å². The maximum Gasteiger partial charge on any atom is 0.416 e. The summed E-state index contributed by atoms with van der Waals surface area (Å²) in [5.41, 5.74) is 0.0776. The van der Waals surface area contributed by atoms with Crippen LogP contribution in [0.15, 0.2) is 70.0 Å². The van der Waals surface area contributed by atoms with E-state index in [2.05, 4.69) is 0 Å². The first-order valence-electron chi connectivity index (χ1n) is 8.53. The zero-order chi connectivity index (χ0) is 21.5. The molecule has 0 radical (unpaired) electrons. The lowest BCUT2D eigenvalue weighted by Gasteiger charge is -2.14. The van der Waals surface area contributed by atoms with Crippen molar-refractivity contribution in [3.8, 4) is 11.3 Å². The van der Waals surface area contributed by atoms with E-state index in [1.807, 2.05) is 0 Å². The molecule has 2 heterocycles. The van der Waals surface area contributed by atoms with E-state index in [0.29, 0.717) is 25.7 Å². The molecule has 30 heavy (non-hydrogen) atoms. The molecule has 0 atom stereocenters. The molecule has 0 unspecified atom stereocenters. The number of thiocarbonyl (C=S) groups is 1.